The molecule has 3 aromatic rings. The van der Waals surface area contributed by atoms with Gasteiger partial charge >= 0.3 is 0 Å². The van der Waals surface area contributed by atoms with Crippen molar-refractivity contribution in [2.45, 2.75) is 10.1 Å². The number of amides is 1. The van der Waals surface area contributed by atoms with E-state index in [-0.39, 0.29) is 5.91 Å². The molecule has 0 saturated carbocycles. The predicted molar refractivity (Wildman–Crippen MR) is 86.0 cm³/mol. The van der Waals surface area contributed by atoms with Crippen molar-refractivity contribution >= 4 is 34.7 Å². The van der Waals surface area contributed by atoms with E-state index in [2.05, 4.69) is 10.3 Å². The van der Waals surface area contributed by atoms with Crippen molar-refractivity contribution in [3.8, 4) is 0 Å². The maximum Gasteiger partial charge on any atom is 0.256 e. The van der Waals surface area contributed by atoms with Gasteiger partial charge in [-0.1, -0.05) is 12.1 Å². The molecular formula is C15H13N3OS2. The van der Waals surface area contributed by atoms with Crippen LogP contribution in [0.5, 0.6) is 0 Å². The summed E-state index contributed by atoms with van der Waals surface area (Å²) >= 11 is 3.04. The summed E-state index contributed by atoms with van der Waals surface area (Å²) in [5, 5.41) is 7.57. The molecule has 2 aromatic heterocycles. The summed E-state index contributed by atoms with van der Waals surface area (Å²) in [6.45, 7) is 0. The van der Waals surface area contributed by atoms with Crippen molar-refractivity contribution in [1.82, 2.24) is 9.55 Å². The summed E-state index contributed by atoms with van der Waals surface area (Å²) in [7, 11) is 1.95. The van der Waals surface area contributed by atoms with Gasteiger partial charge < -0.3 is 9.88 Å². The smallest absolute Gasteiger partial charge is 0.256 e. The molecule has 106 valence electrons. The first kappa shape index (κ1) is 13.9. The van der Waals surface area contributed by atoms with E-state index in [1.165, 1.54) is 23.1 Å². The second kappa shape index (κ2) is 6.15. The van der Waals surface area contributed by atoms with Crippen LogP contribution in [0.4, 0.5) is 5.69 Å². The first-order valence-electron chi connectivity index (χ1n) is 6.32. The van der Waals surface area contributed by atoms with Gasteiger partial charge in [-0.15, -0.1) is 0 Å². The summed E-state index contributed by atoms with van der Waals surface area (Å²) in [6.07, 6.45) is 3.66. The van der Waals surface area contributed by atoms with Crippen molar-refractivity contribution in [3.63, 3.8) is 0 Å². The number of hydrogen-bond donors (Lipinski definition) is 1. The Bertz CT molecular complexity index is 750. The average molecular weight is 315 g/mol. The number of benzene rings is 1. The molecule has 0 aliphatic rings. The average Bonchev–Trinajstić information content (AvgIpc) is 3.13. The molecule has 0 spiro atoms. The van der Waals surface area contributed by atoms with E-state index >= 15 is 0 Å². The third-order valence-corrected chi connectivity index (χ3v) is 4.73. The number of para-hydroxylation sites is 1. The zero-order chi connectivity index (χ0) is 14.7. The standard InChI is InChI=1S/C15H13N3OS2/c1-18-8-7-16-15(18)21-13-5-3-2-4-12(13)17-14(19)11-6-9-20-10-11/h2-10H,1H3,(H,17,19). The Morgan fingerprint density at radius 2 is 2.19 bits per heavy atom. The highest BCUT2D eigenvalue weighted by Crippen LogP contribution is 2.32. The van der Waals surface area contributed by atoms with E-state index in [9.17, 15) is 4.79 Å². The van der Waals surface area contributed by atoms with Crippen molar-refractivity contribution in [2.75, 3.05) is 5.32 Å². The Morgan fingerprint density at radius 3 is 2.90 bits per heavy atom. The van der Waals surface area contributed by atoms with Crippen LogP contribution in [0.2, 0.25) is 0 Å². The SMILES string of the molecule is Cn1ccnc1Sc1ccccc1NC(=O)c1ccsc1. The number of nitrogens with one attached hydrogen (secondary N) is 1. The minimum absolute atomic E-state index is 0.0934. The zero-order valence-electron chi connectivity index (χ0n) is 11.3. The lowest BCUT2D eigenvalue weighted by Gasteiger charge is -2.10. The van der Waals surface area contributed by atoms with Gasteiger partial charge in [0.25, 0.3) is 5.91 Å². The van der Waals surface area contributed by atoms with Crippen LogP contribution in [0, 0.1) is 0 Å². The van der Waals surface area contributed by atoms with E-state index < -0.39 is 0 Å². The van der Waals surface area contributed by atoms with Crippen molar-refractivity contribution in [1.29, 1.82) is 0 Å². The van der Waals surface area contributed by atoms with Gasteiger partial charge in [-0.25, -0.2) is 4.98 Å². The Balaban J connectivity index is 1.83. The van der Waals surface area contributed by atoms with Gasteiger partial charge in [0.1, 0.15) is 0 Å². The third-order valence-electron chi connectivity index (χ3n) is 2.90. The molecule has 0 unspecified atom stereocenters. The highest BCUT2D eigenvalue weighted by atomic mass is 32.2. The molecule has 3 rings (SSSR count). The van der Waals surface area contributed by atoms with Gasteiger partial charge in [0.05, 0.1) is 11.3 Å². The van der Waals surface area contributed by atoms with Crippen LogP contribution in [-0.2, 0) is 7.05 Å². The van der Waals surface area contributed by atoms with Gasteiger partial charge in [-0.05, 0) is 35.3 Å². The lowest BCUT2D eigenvalue weighted by molar-refractivity contribution is 0.102. The second-order valence-corrected chi connectivity index (χ2v) is 6.17. The molecule has 0 bridgehead atoms. The molecule has 1 N–H and O–H groups in total. The molecule has 0 aliphatic carbocycles. The zero-order valence-corrected chi connectivity index (χ0v) is 12.9. The summed E-state index contributed by atoms with van der Waals surface area (Å²) < 4.78 is 1.95. The number of carbonyl (C=O) groups excluding carboxylic acids is 1. The molecule has 1 amide bonds. The maximum atomic E-state index is 12.2. The first-order valence-corrected chi connectivity index (χ1v) is 8.08. The number of aromatic nitrogens is 2. The summed E-state index contributed by atoms with van der Waals surface area (Å²) in [4.78, 5) is 17.4. The molecule has 0 radical (unpaired) electrons. The highest BCUT2D eigenvalue weighted by molar-refractivity contribution is 7.99. The predicted octanol–water partition coefficient (Wildman–Crippen LogP) is 3.89. The Hall–Kier alpha value is -2.05. The fourth-order valence-electron chi connectivity index (χ4n) is 1.80. The van der Waals surface area contributed by atoms with E-state index in [1.807, 2.05) is 58.9 Å². The van der Waals surface area contributed by atoms with Gasteiger partial charge in [0.15, 0.2) is 5.16 Å². The summed E-state index contributed by atoms with van der Waals surface area (Å²) in [5.41, 5.74) is 1.47. The summed E-state index contributed by atoms with van der Waals surface area (Å²) in [5.74, 6) is -0.0934. The van der Waals surface area contributed by atoms with Crippen LogP contribution < -0.4 is 5.32 Å². The Morgan fingerprint density at radius 1 is 1.33 bits per heavy atom. The number of rotatable bonds is 4. The minimum Gasteiger partial charge on any atom is -0.329 e. The maximum absolute atomic E-state index is 12.2. The van der Waals surface area contributed by atoms with E-state index in [4.69, 9.17) is 0 Å². The number of aryl methyl sites for hydroxylation is 1. The number of nitrogens with zero attached hydrogens (tertiary/aromatic N) is 2. The number of carbonyl (C=O) groups is 1. The molecular weight excluding hydrogens is 302 g/mol. The number of hydrogen-bond acceptors (Lipinski definition) is 4. The van der Waals surface area contributed by atoms with Crippen LogP contribution in [0.15, 0.2) is 63.5 Å². The molecule has 2 heterocycles. The number of imidazole rings is 1. The normalized spacial score (nSPS) is 10.5. The summed E-state index contributed by atoms with van der Waals surface area (Å²) in [6, 6.07) is 9.55. The van der Waals surface area contributed by atoms with Crippen molar-refractivity contribution in [3.05, 3.63) is 59.0 Å². The molecule has 4 nitrogen and oxygen atoms in total. The fraction of sp³-hybridized carbons (Fsp3) is 0.0667. The lowest BCUT2D eigenvalue weighted by Crippen LogP contribution is -2.11. The number of anilines is 1. The van der Waals surface area contributed by atoms with Crippen LogP contribution >= 0.6 is 23.1 Å². The van der Waals surface area contributed by atoms with Gasteiger partial charge in [-0.2, -0.15) is 11.3 Å². The number of thiophene rings is 1. The minimum atomic E-state index is -0.0934. The molecule has 0 aliphatic heterocycles. The fourth-order valence-corrected chi connectivity index (χ4v) is 3.32. The third kappa shape index (κ3) is 3.17. The monoisotopic (exact) mass is 315 g/mol. The first-order chi connectivity index (χ1) is 10.2. The van der Waals surface area contributed by atoms with Crippen LogP contribution in [0.3, 0.4) is 0 Å². The Kier molecular flexibility index (Phi) is 4.08. The van der Waals surface area contributed by atoms with Crippen molar-refractivity contribution < 1.29 is 4.79 Å². The highest BCUT2D eigenvalue weighted by Gasteiger charge is 2.11. The molecule has 1 aromatic carbocycles. The Labute approximate surface area is 130 Å². The van der Waals surface area contributed by atoms with E-state index in [0.29, 0.717) is 5.56 Å². The molecule has 21 heavy (non-hydrogen) atoms. The largest absolute Gasteiger partial charge is 0.329 e. The van der Waals surface area contributed by atoms with Gasteiger partial charge in [0, 0.05) is 29.7 Å². The topological polar surface area (TPSA) is 46.9 Å². The van der Waals surface area contributed by atoms with Crippen LogP contribution in [0.1, 0.15) is 10.4 Å². The molecule has 6 heteroatoms. The molecule has 0 saturated heterocycles. The lowest BCUT2D eigenvalue weighted by atomic mass is 10.3. The second-order valence-electron chi connectivity index (χ2n) is 4.39. The van der Waals surface area contributed by atoms with Gasteiger partial charge in [0.2, 0.25) is 0 Å². The molecule has 0 atom stereocenters. The van der Waals surface area contributed by atoms with E-state index in [0.717, 1.165) is 15.7 Å². The quantitative estimate of drug-likeness (QED) is 0.794. The van der Waals surface area contributed by atoms with Crippen molar-refractivity contribution in [2.24, 2.45) is 7.05 Å². The molecule has 0 fully saturated rings. The van der Waals surface area contributed by atoms with E-state index in [1.54, 1.807) is 6.20 Å². The van der Waals surface area contributed by atoms with Crippen LogP contribution in [0.25, 0.3) is 0 Å². The van der Waals surface area contributed by atoms with Gasteiger partial charge in [-0.3, -0.25) is 4.79 Å². The van der Waals surface area contributed by atoms with Crippen LogP contribution in [-0.4, -0.2) is 15.5 Å².